The summed E-state index contributed by atoms with van der Waals surface area (Å²) < 4.78 is 0. The number of nitrogens with zero attached hydrogens (tertiary/aromatic N) is 1. The number of pyridine rings is 1. The minimum absolute atomic E-state index is 0.0538. The van der Waals surface area contributed by atoms with Gasteiger partial charge in [0.05, 0.1) is 5.69 Å². The summed E-state index contributed by atoms with van der Waals surface area (Å²) in [6.07, 6.45) is 3.51. The lowest BCUT2D eigenvalue weighted by Gasteiger charge is -2.22. The molecule has 0 atom stereocenters. The molecule has 4 heteroatoms. The fourth-order valence-electron chi connectivity index (χ4n) is 2.42. The van der Waals surface area contributed by atoms with E-state index in [0.29, 0.717) is 10.7 Å². The van der Waals surface area contributed by atoms with Crippen LogP contribution in [0.1, 0.15) is 52.8 Å². The molecule has 0 aliphatic rings. The van der Waals surface area contributed by atoms with Crippen molar-refractivity contribution in [3.63, 3.8) is 0 Å². The number of halogens is 1. The van der Waals surface area contributed by atoms with Gasteiger partial charge in [-0.3, -0.25) is 4.79 Å². The normalized spacial score (nSPS) is 12.6. The number of carbonyl (C=O) groups excluding carboxylic acids is 1. The van der Waals surface area contributed by atoms with Crippen molar-refractivity contribution in [1.29, 1.82) is 0 Å². The predicted octanol–water partition coefficient (Wildman–Crippen LogP) is 6.03. The molecule has 0 radical (unpaired) electrons. The molecule has 1 heterocycles. The Morgan fingerprint density at radius 3 is 2.19 bits per heavy atom. The third-order valence-electron chi connectivity index (χ3n) is 4.53. The minimum Gasteiger partial charge on any atom is -0.505 e. The van der Waals surface area contributed by atoms with Crippen molar-refractivity contribution < 1.29 is 9.90 Å². The van der Waals surface area contributed by atoms with Gasteiger partial charge in [-0.1, -0.05) is 50.6 Å². The molecule has 2 aromatic rings. The summed E-state index contributed by atoms with van der Waals surface area (Å²) in [7, 11) is 0. The lowest BCUT2D eigenvalue weighted by molar-refractivity contribution is -0.122. The van der Waals surface area contributed by atoms with Crippen LogP contribution in [0.5, 0.6) is 5.75 Å². The van der Waals surface area contributed by atoms with E-state index in [0.717, 1.165) is 16.8 Å². The van der Waals surface area contributed by atoms with Crippen molar-refractivity contribution in [1.82, 2.24) is 4.98 Å². The fourth-order valence-corrected chi connectivity index (χ4v) is 2.55. The second-order valence-electron chi connectivity index (χ2n) is 8.16. The number of hydrogen-bond acceptors (Lipinski definition) is 3. The van der Waals surface area contributed by atoms with Crippen molar-refractivity contribution in [2.24, 2.45) is 5.41 Å². The second-order valence-corrected chi connectivity index (χ2v) is 8.59. The fraction of sp³-hybridized carbons (Fsp3) is 0.364. The van der Waals surface area contributed by atoms with Gasteiger partial charge < -0.3 is 5.11 Å². The number of rotatable bonds is 4. The Labute approximate surface area is 160 Å². The molecule has 3 nitrogen and oxygen atoms in total. The van der Waals surface area contributed by atoms with Gasteiger partial charge in [-0.25, -0.2) is 4.98 Å². The molecule has 0 aliphatic heterocycles. The maximum Gasteiger partial charge on any atom is 0.144 e. The first kappa shape index (κ1) is 20.2. The number of hydrogen-bond donors (Lipinski definition) is 1. The largest absolute Gasteiger partial charge is 0.505 e. The predicted molar refractivity (Wildman–Crippen MR) is 109 cm³/mol. The molecule has 0 aliphatic carbocycles. The van der Waals surface area contributed by atoms with E-state index in [-0.39, 0.29) is 16.9 Å². The molecular weight excluding hydrogens is 346 g/mol. The van der Waals surface area contributed by atoms with Gasteiger partial charge >= 0.3 is 0 Å². The molecule has 0 fully saturated rings. The zero-order valence-electron chi connectivity index (χ0n) is 16.2. The van der Waals surface area contributed by atoms with Crippen LogP contribution in [-0.2, 0) is 10.2 Å². The summed E-state index contributed by atoms with van der Waals surface area (Å²) >= 11 is 5.99. The molecule has 1 N–H and O–H groups in total. The first-order valence-corrected chi connectivity index (χ1v) is 9.00. The summed E-state index contributed by atoms with van der Waals surface area (Å²) in [6.45, 7) is 11.4. The summed E-state index contributed by atoms with van der Waals surface area (Å²) in [6, 6.07) is 9.35. The monoisotopic (exact) mass is 371 g/mol. The van der Waals surface area contributed by atoms with E-state index in [4.69, 9.17) is 11.6 Å². The Kier molecular flexibility index (Phi) is 5.62. The molecule has 0 bridgehead atoms. The molecule has 0 spiro atoms. The quantitative estimate of drug-likeness (QED) is 0.713. The minimum atomic E-state index is -0.619. The molecular formula is C22H26ClNO2. The van der Waals surface area contributed by atoms with Gasteiger partial charge in [-0.15, -0.1) is 0 Å². The highest BCUT2D eigenvalue weighted by Crippen LogP contribution is 2.36. The smallest absolute Gasteiger partial charge is 0.144 e. The van der Waals surface area contributed by atoms with E-state index in [1.54, 1.807) is 19.1 Å². The lowest BCUT2D eigenvalue weighted by atomic mass is 9.84. The number of benzene rings is 1. The summed E-state index contributed by atoms with van der Waals surface area (Å²) in [5.41, 5.74) is 2.05. The average Bonchev–Trinajstić information content (AvgIpc) is 2.53. The molecule has 0 amide bonds. The van der Waals surface area contributed by atoms with E-state index >= 15 is 0 Å². The van der Waals surface area contributed by atoms with Crippen LogP contribution >= 0.6 is 11.6 Å². The first-order chi connectivity index (χ1) is 11.9. The highest BCUT2D eigenvalue weighted by Gasteiger charge is 2.24. The zero-order chi connectivity index (χ0) is 19.7. The van der Waals surface area contributed by atoms with Crippen molar-refractivity contribution in [3.8, 4) is 17.0 Å². The van der Waals surface area contributed by atoms with E-state index in [1.807, 2.05) is 65.0 Å². The van der Waals surface area contributed by atoms with Crippen LogP contribution in [0.2, 0.25) is 5.02 Å². The zero-order valence-corrected chi connectivity index (χ0v) is 17.0. The van der Waals surface area contributed by atoms with Crippen molar-refractivity contribution >= 4 is 23.5 Å². The highest BCUT2D eigenvalue weighted by atomic mass is 35.5. The molecule has 1 aromatic carbocycles. The van der Waals surface area contributed by atoms with Gasteiger partial charge in [0.25, 0.3) is 0 Å². The first-order valence-electron chi connectivity index (χ1n) is 8.62. The number of allylic oxidation sites excluding steroid dienone is 1. The number of aromatic nitrogens is 1. The highest BCUT2D eigenvalue weighted by molar-refractivity contribution is 6.30. The Bertz CT molecular complexity index is 844. The van der Waals surface area contributed by atoms with Gasteiger partial charge in [-0.2, -0.15) is 0 Å². The van der Waals surface area contributed by atoms with E-state index in [1.165, 1.54) is 0 Å². The van der Waals surface area contributed by atoms with Crippen LogP contribution in [0, 0.1) is 5.41 Å². The number of ketones is 1. The van der Waals surface area contributed by atoms with E-state index < -0.39 is 5.41 Å². The lowest BCUT2D eigenvalue weighted by Crippen LogP contribution is -2.18. The van der Waals surface area contributed by atoms with Gasteiger partial charge in [0.15, 0.2) is 0 Å². The Morgan fingerprint density at radius 2 is 1.69 bits per heavy atom. The third kappa shape index (κ3) is 4.53. The van der Waals surface area contributed by atoms with Gasteiger partial charge in [0.1, 0.15) is 17.2 Å². The molecule has 0 saturated carbocycles. The summed E-state index contributed by atoms with van der Waals surface area (Å²) in [5.74, 6) is 0.198. The number of aromatic hydroxyl groups is 1. The third-order valence-corrected chi connectivity index (χ3v) is 4.78. The van der Waals surface area contributed by atoms with Crippen LogP contribution in [-0.4, -0.2) is 15.9 Å². The topological polar surface area (TPSA) is 50.2 Å². The SMILES string of the molecule is CC(=O)C(C)(C)/C=C/c1nc(-c2ccc(Cl)cc2)cc(C(C)(C)C)c1O. The van der Waals surface area contributed by atoms with Gasteiger partial charge in [-0.05, 0) is 50.5 Å². The Hall–Kier alpha value is -2.13. The van der Waals surface area contributed by atoms with Crippen LogP contribution in [0.25, 0.3) is 17.3 Å². The van der Waals surface area contributed by atoms with Gasteiger partial charge in [0.2, 0.25) is 0 Å². The maximum atomic E-state index is 11.8. The van der Waals surface area contributed by atoms with E-state index in [2.05, 4.69) is 4.98 Å². The molecule has 0 unspecified atom stereocenters. The van der Waals surface area contributed by atoms with Crippen LogP contribution < -0.4 is 0 Å². The van der Waals surface area contributed by atoms with Crippen molar-refractivity contribution in [2.75, 3.05) is 0 Å². The molecule has 1 aromatic heterocycles. The van der Waals surface area contributed by atoms with Crippen LogP contribution in [0.3, 0.4) is 0 Å². The molecule has 0 saturated heterocycles. The number of carbonyl (C=O) groups is 1. The second kappa shape index (κ2) is 7.24. The number of Topliss-reactive ketones (excluding diaryl/α,β-unsaturated/α-hetero) is 1. The van der Waals surface area contributed by atoms with Gasteiger partial charge in [0, 0.05) is 21.6 Å². The van der Waals surface area contributed by atoms with Crippen molar-refractivity contribution in [2.45, 2.75) is 47.0 Å². The molecule has 2 rings (SSSR count). The molecule has 26 heavy (non-hydrogen) atoms. The Morgan fingerprint density at radius 1 is 1.12 bits per heavy atom. The summed E-state index contributed by atoms with van der Waals surface area (Å²) in [4.78, 5) is 16.4. The average molecular weight is 372 g/mol. The van der Waals surface area contributed by atoms with Crippen molar-refractivity contribution in [3.05, 3.63) is 52.7 Å². The van der Waals surface area contributed by atoms with Crippen LogP contribution in [0.4, 0.5) is 0 Å². The standard InChI is InChI=1S/C22H26ClNO2/c1-14(25)22(5,6)12-11-18-20(26)17(21(2,3)4)13-19(24-18)15-7-9-16(23)10-8-15/h7-13,26H,1-6H3/b12-11+. The van der Waals surface area contributed by atoms with Crippen LogP contribution in [0.15, 0.2) is 36.4 Å². The maximum absolute atomic E-state index is 11.8. The Balaban J connectivity index is 2.64. The van der Waals surface area contributed by atoms with E-state index in [9.17, 15) is 9.90 Å². The molecule has 138 valence electrons. The summed E-state index contributed by atoms with van der Waals surface area (Å²) in [5, 5.41) is 11.4.